The molecule has 5 rings (SSSR count). The highest BCUT2D eigenvalue weighted by Gasteiger charge is 2.66. The summed E-state index contributed by atoms with van der Waals surface area (Å²) in [6.07, 6.45) is 0. The molecule has 2 saturated heterocycles. The van der Waals surface area contributed by atoms with Crippen molar-refractivity contribution in [1.29, 1.82) is 0 Å². The van der Waals surface area contributed by atoms with E-state index in [1.165, 1.54) is 26.2 Å². The van der Waals surface area contributed by atoms with Crippen LogP contribution in [0.5, 0.6) is 5.75 Å². The molecule has 0 saturated carbocycles. The number of esters is 1. The lowest BCUT2D eigenvalue weighted by Gasteiger charge is -2.57. The quantitative estimate of drug-likeness (QED) is 0.171. The molecular weight excluding hydrogens is 506 g/mol. The third-order valence-corrected chi connectivity index (χ3v) is 8.17. The molecule has 4 atom stereocenters. The van der Waals surface area contributed by atoms with Crippen LogP contribution in [-0.2, 0) is 25.8 Å². The van der Waals surface area contributed by atoms with Crippen LogP contribution in [-0.4, -0.2) is 74.5 Å². The second kappa shape index (κ2) is 9.07. The fraction of sp³-hybridized carbons (Fsp3) is 0.333. The molecule has 0 aromatic heterocycles. The molecule has 3 amide bonds. The van der Waals surface area contributed by atoms with E-state index in [0.29, 0.717) is 11.3 Å². The lowest BCUT2D eigenvalue weighted by atomic mass is 9.90. The molecule has 0 radical (unpaired) electrons. The Labute approximate surface area is 214 Å². The van der Waals surface area contributed by atoms with Crippen LogP contribution in [0.15, 0.2) is 48.5 Å². The van der Waals surface area contributed by atoms with Gasteiger partial charge in [-0.25, -0.2) is 4.79 Å². The summed E-state index contributed by atoms with van der Waals surface area (Å²) in [4.78, 5) is 70.7. The van der Waals surface area contributed by atoms with Gasteiger partial charge >= 0.3 is 5.97 Å². The van der Waals surface area contributed by atoms with E-state index >= 15 is 0 Å². The van der Waals surface area contributed by atoms with E-state index in [4.69, 9.17) is 14.3 Å². The Kier molecular flexibility index (Phi) is 6.02. The Balaban J connectivity index is 1.39. The predicted molar refractivity (Wildman–Crippen MR) is 127 cm³/mol. The number of benzene rings is 2. The lowest BCUT2D eigenvalue weighted by molar-refractivity contribution is -0.779. The van der Waals surface area contributed by atoms with E-state index in [0.717, 1.165) is 21.6 Å². The molecular formula is C24H21N3O9S. The van der Waals surface area contributed by atoms with Crippen molar-refractivity contribution in [3.8, 4) is 5.75 Å². The highest BCUT2D eigenvalue weighted by atomic mass is 32.2. The highest BCUT2D eigenvalue weighted by molar-refractivity contribution is 8.00. The van der Waals surface area contributed by atoms with Gasteiger partial charge in [0.25, 0.3) is 22.8 Å². The van der Waals surface area contributed by atoms with Gasteiger partial charge in [0.2, 0.25) is 0 Å². The van der Waals surface area contributed by atoms with Crippen molar-refractivity contribution in [3.63, 3.8) is 0 Å². The van der Waals surface area contributed by atoms with Crippen molar-refractivity contribution in [2.24, 2.45) is 0 Å². The standard InChI is InChI=1S/C24H21N3O9S/c1-24(36-27(32)33)12-37-22-17(25-19(28)15-5-3-4-6-16(15)20(25)29)21(30)26(22)18(24)23(31)35-11-13-7-9-14(34-2)10-8-13/h3-10,17-18,22H,11-12H2,1-2H3/t17-,18+,22-,24-/m1/s1. The summed E-state index contributed by atoms with van der Waals surface area (Å²) < 4.78 is 10.5. The number of imide groups is 1. The maximum Gasteiger partial charge on any atom is 0.331 e. The van der Waals surface area contributed by atoms with Gasteiger partial charge in [-0.05, 0) is 36.8 Å². The number of hydrogen-bond donors (Lipinski definition) is 0. The number of carbonyl (C=O) groups is 4. The molecule has 0 N–H and O–H groups in total. The van der Waals surface area contributed by atoms with E-state index < -0.39 is 51.8 Å². The number of thioether (sulfide) groups is 1. The van der Waals surface area contributed by atoms with Crippen LogP contribution >= 0.6 is 11.8 Å². The summed E-state index contributed by atoms with van der Waals surface area (Å²) in [5.74, 6) is -2.26. The molecule has 0 unspecified atom stereocenters. The molecule has 3 heterocycles. The van der Waals surface area contributed by atoms with Crippen molar-refractivity contribution in [2.75, 3.05) is 12.9 Å². The Hall–Kier alpha value is -4.13. The summed E-state index contributed by atoms with van der Waals surface area (Å²) in [6, 6.07) is 10.4. The molecule has 2 aromatic carbocycles. The fourth-order valence-corrected chi connectivity index (χ4v) is 6.32. The maximum absolute atomic E-state index is 13.4. The van der Waals surface area contributed by atoms with Gasteiger partial charge < -0.3 is 19.2 Å². The highest BCUT2D eigenvalue weighted by Crippen LogP contribution is 2.47. The molecule has 37 heavy (non-hydrogen) atoms. The van der Waals surface area contributed by atoms with Gasteiger partial charge in [0, 0.05) is 5.75 Å². The number of β-lactam (4-membered cyclic amide) rings is 1. The van der Waals surface area contributed by atoms with E-state index in [-0.39, 0.29) is 23.5 Å². The molecule has 192 valence electrons. The second-order valence-electron chi connectivity index (χ2n) is 8.90. The van der Waals surface area contributed by atoms with Gasteiger partial charge in [0.05, 0.1) is 18.2 Å². The number of hydrogen-bond acceptors (Lipinski definition) is 10. The Morgan fingerprint density at radius 1 is 1.11 bits per heavy atom. The minimum atomic E-state index is -1.72. The van der Waals surface area contributed by atoms with Crippen LogP contribution in [0.3, 0.4) is 0 Å². The topological polar surface area (TPSA) is 146 Å². The first-order valence-electron chi connectivity index (χ1n) is 11.2. The Morgan fingerprint density at radius 3 is 2.30 bits per heavy atom. The monoisotopic (exact) mass is 527 g/mol. The molecule has 3 aliphatic heterocycles. The average molecular weight is 528 g/mol. The predicted octanol–water partition coefficient (Wildman–Crippen LogP) is 1.65. The zero-order valence-electron chi connectivity index (χ0n) is 19.7. The van der Waals surface area contributed by atoms with Crippen molar-refractivity contribution in [1.82, 2.24) is 9.80 Å². The lowest BCUT2D eigenvalue weighted by Crippen LogP contribution is -2.79. The van der Waals surface area contributed by atoms with Crippen LogP contribution in [0, 0.1) is 10.1 Å². The van der Waals surface area contributed by atoms with E-state index in [1.807, 2.05) is 0 Å². The smallest absolute Gasteiger partial charge is 0.331 e. The maximum atomic E-state index is 13.4. The van der Waals surface area contributed by atoms with Crippen LogP contribution in [0.25, 0.3) is 0 Å². The number of fused-ring (bicyclic) bond motifs is 2. The molecule has 3 aliphatic rings. The molecule has 2 aromatic rings. The molecule has 0 bridgehead atoms. The third kappa shape index (κ3) is 3.95. The van der Waals surface area contributed by atoms with Crippen LogP contribution in [0.1, 0.15) is 33.2 Å². The number of amides is 3. The average Bonchev–Trinajstić information content (AvgIpc) is 3.12. The first kappa shape index (κ1) is 24.6. The Morgan fingerprint density at radius 2 is 1.73 bits per heavy atom. The van der Waals surface area contributed by atoms with Gasteiger partial charge in [-0.15, -0.1) is 21.9 Å². The molecule has 0 spiro atoms. The van der Waals surface area contributed by atoms with Gasteiger partial charge in [-0.3, -0.25) is 19.3 Å². The number of carbonyl (C=O) groups excluding carboxylic acids is 4. The minimum absolute atomic E-state index is 0.0651. The molecule has 12 nitrogen and oxygen atoms in total. The summed E-state index contributed by atoms with van der Waals surface area (Å²) >= 11 is 1.09. The number of ether oxygens (including phenoxy) is 2. The zero-order chi connectivity index (χ0) is 26.5. The Bertz CT molecular complexity index is 1280. The SMILES string of the molecule is COc1ccc(COC(=O)[C@@H]2N3C(=O)[C@@H](N4C(=O)c5ccccc5C4=O)[C@H]3SC[C@@]2(C)O[N+](=O)[O-])cc1. The number of nitrogens with zero attached hydrogens (tertiary/aromatic N) is 3. The fourth-order valence-electron chi connectivity index (χ4n) is 4.80. The van der Waals surface area contributed by atoms with Crippen LogP contribution in [0.2, 0.25) is 0 Å². The van der Waals surface area contributed by atoms with Gasteiger partial charge in [0.15, 0.2) is 11.6 Å². The third-order valence-electron chi connectivity index (χ3n) is 6.60. The minimum Gasteiger partial charge on any atom is -0.497 e. The van der Waals surface area contributed by atoms with Gasteiger partial charge in [-0.2, -0.15) is 0 Å². The van der Waals surface area contributed by atoms with Crippen molar-refractivity contribution >= 4 is 35.5 Å². The number of methoxy groups -OCH3 is 1. The largest absolute Gasteiger partial charge is 0.497 e. The van der Waals surface area contributed by atoms with Crippen LogP contribution < -0.4 is 4.74 Å². The van der Waals surface area contributed by atoms with Gasteiger partial charge in [0.1, 0.15) is 23.8 Å². The van der Waals surface area contributed by atoms with E-state index in [2.05, 4.69) is 0 Å². The molecule has 13 heteroatoms. The van der Waals surface area contributed by atoms with E-state index in [1.54, 1.807) is 36.4 Å². The normalized spacial score (nSPS) is 26.2. The van der Waals surface area contributed by atoms with E-state index in [9.17, 15) is 29.3 Å². The first-order chi connectivity index (χ1) is 17.7. The summed E-state index contributed by atoms with van der Waals surface area (Å²) in [5.41, 5.74) is -0.704. The summed E-state index contributed by atoms with van der Waals surface area (Å²) in [5, 5.41) is 9.45. The first-order valence-corrected chi connectivity index (χ1v) is 12.2. The zero-order valence-corrected chi connectivity index (χ0v) is 20.5. The molecule has 2 fully saturated rings. The molecule has 0 aliphatic carbocycles. The summed E-state index contributed by atoms with van der Waals surface area (Å²) in [7, 11) is 1.52. The number of rotatable bonds is 7. The summed E-state index contributed by atoms with van der Waals surface area (Å²) in [6.45, 7) is 1.19. The van der Waals surface area contributed by atoms with Crippen molar-refractivity contribution < 1.29 is 38.6 Å². The van der Waals surface area contributed by atoms with Gasteiger partial charge in [-0.1, -0.05) is 24.3 Å². The van der Waals surface area contributed by atoms with Crippen LogP contribution in [0.4, 0.5) is 0 Å². The van der Waals surface area contributed by atoms with Crippen molar-refractivity contribution in [2.45, 2.75) is 36.6 Å². The second-order valence-corrected chi connectivity index (χ2v) is 10.0. The van der Waals surface area contributed by atoms with Crippen molar-refractivity contribution in [3.05, 3.63) is 75.3 Å².